The van der Waals surface area contributed by atoms with Gasteiger partial charge < -0.3 is 13.9 Å². The molecule has 1 aliphatic carbocycles. The smallest absolute Gasteiger partial charge is 0.304 e. The Morgan fingerprint density at radius 2 is 1.85 bits per heavy atom. The molecule has 4 nitrogen and oxygen atoms in total. The molecule has 2 heterocycles. The van der Waals surface area contributed by atoms with E-state index in [1.807, 2.05) is 6.07 Å². The monoisotopic (exact) mass is 290 g/mol. The Balaban J connectivity index is 2.10. The summed E-state index contributed by atoms with van der Waals surface area (Å²) in [7, 11) is 0. The summed E-state index contributed by atoms with van der Waals surface area (Å²) in [6, 6.07) is 3.63. The normalized spacial score (nSPS) is 16.9. The molecule has 20 heavy (non-hydrogen) atoms. The molecular weight excluding hydrogens is 280 g/mol. The summed E-state index contributed by atoms with van der Waals surface area (Å²) >= 11 is 6.34. The number of fused-ring (bicyclic) bond motifs is 2. The van der Waals surface area contributed by atoms with Crippen LogP contribution in [0.5, 0.6) is 0 Å². The number of carboxylic acids is 1. The van der Waals surface area contributed by atoms with Gasteiger partial charge in [0.1, 0.15) is 5.58 Å². The SMILES string of the molecule is O=C(O)CC1(c2c3ccoc3c(Cl)c3ccoc23)CC1. The van der Waals surface area contributed by atoms with Gasteiger partial charge in [0.05, 0.1) is 24.0 Å². The van der Waals surface area contributed by atoms with Crippen LogP contribution >= 0.6 is 11.6 Å². The van der Waals surface area contributed by atoms with Gasteiger partial charge in [-0.15, -0.1) is 0 Å². The van der Waals surface area contributed by atoms with Gasteiger partial charge in [-0.05, 0) is 25.0 Å². The molecule has 0 radical (unpaired) electrons. The van der Waals surface area contributed by atoms with Crippen molar-refractivity contribution in [1.29, 1.82) is 0 Å². The van der Waals surface area contributed by atoms with Gasteiger partial charge in [0.25, 0.3) is 0 Å². The van der Waals surface area contributed by atoms with Crippen LogP contribution < -0.4 is 0 Å². The molecule has 1 fully saturated rings. The first kappa shape index (κ1) is 11.9. The third-order valence-corrected chi connectivity index (χ3v) is 4.51. The Kier molecular flexibility index (Phi) is 2.25. The Morgan fingerprint density at radius 3 is 2.50 bits per heavy atom. The van der Waals surface area contributed by atoms with E-state index in [0.29, 0.717) is 16.2 Å². The van der Waals surface area contributed by atoms with E-state index in [2.05, 4.69) is 0 Å². The van der Waals surface area contributed by atoms with Crippen molar-refractivity contribution in [1.82, 2.24) is 0 Å². The summed E-state index contributed by atoms with van der Waals surface area (Å²) in [5.41, 5.74) is 1.86. The average molecular weight is 291 g/mol. The Labute approximate surface area is 118 Å². The van der Waals surface area contributed by atoms with Crippen molar-refractivity contribution >= 4 is 39.5 Å². The lowest BCUT2D eigenvalue weighted by molar-refractivity contribution is -0.137. The van der Waals surface area contributed by atoms with Gasteiger partial charge in [0, 0.05) is 21.8 Å². The number of carboxylic acid groups (broad SMARTS) is 1. The molecule has 0 saturated heterocycles. The molecule has 0 spiro atoms. The van der Waals surface area contributed by atoms with Crippen LogP contribution in [-0.2, 0) is 10.2 Å². The molecular formula is C15H11ClO4. The second-order valence-corrected chi connectivity index (χ2v) is 5.74. The summed E-state index contributed by atoms with van der Waals surface area (Å²) in [5.74, 6) is -0.797. The van der Waals surface area contributed by atoms with Crippen molar-refractivity contribution in [2.45, 2.75) is 24.7 Å². The maximum absolute atomic E-state index is 11.2. The van der Waals surface area contributed by atoms with Crippen LogP contribution in [0.15, 0.2) is 33.5 Å². The third kappa shape index (κ3) is 1.45. The van der Waals surface area contributed by atoms with Gasteiger partial charge in [0.2, 0.25) is 0 Å². The van der Waals surface area contributed by atoms with E-state index in [0.717, 1.165) is 29.2 Å². The zero-order valence-electron chi connectivity index (χ0n) is 10.5. The highest BCUT2D eigenvalue weighted by Crippen LogP contribution is 2.56. The predicted octanol–water partition coefficient (Wildman–Crippen LogP) is 4.34. The molecule has 0 atom stereocenters. The van der Waals surface area contributed by atoms with Crippen molar-refractivity contribution in [2.75, 3.05) is 0 Å². The third-order valence-electron chi connectivity index (χ3n) is 4.14. The standard InChI is InChI=1S/C15H11ClO4/c16-12-9-2-6-19-13(9)11(8-1-5-20-14(8)12)15(3-4-15)7-10(17)18/h1-2,5-6H,3-4,7H2,(H,17,18). The Morgan fingerprint density at radius 1 is 1.20 bits per heavy atom. The Hall–Kier alpha value is -1.94. The highest BCUT2D eigenvalue weighted by atomic mass is 35.5. The topological polar surface area (TPSA) is 63.6 Å². The van der Waals surface area contributed by atoms with Crippen LogP contribution in [0.2, 0.25) is 5.02 Å². The lowest BCUT2D eigenvalue weighted by Gasteiger charge is -2.15. The number of hydrogen-bond donors (Lipinski definition) is 1. The van der Waals surface area contributed by atoms with E-state index in [9.17, 15) is 9.90 Å². The number of furan rings is 2. The van der Waals surface area contributed by atoms with Crippen molar-refractivity contribution in [3.05, 3.63) is 35.2 Å². The molecule has 5 heteroatoms. The highest BCUT2D eigenvalue weighted by Gasteiger charge is 2.49. The average Bonchev–Trinajstić information content (AvgIpc) is 2.85. The van der Waals surface area contributed by atoms with Crippen molar-refractivity contribution < 1.29 is 18.7 Å². The first-order valence-corrected chi connectivity index (χ1v) is 6.78. The second kappa shape index (κ2) is 3.79. The van der Waals surface area contributed by atoms with Crippen molar-refractivity contribution in [3.8, 4) is 0 Å². The molecule has 0 aliphatic heterocycles. The minimum absolute atomic E-state index is 0.102. The molecule has 1 aliphatic rings. The van der Waals surface area contributed by atoms with Crippen LogP contribution in [0, 0.1) is 0 Å². The summed E-state index contributed by atoms with van der Waals surface area (Å²) in [6.45, 7) is 0. The maximum atomic E-state index is 11.2. The van der Waals surface area contributed by atoms with E-state index in [1.165, 1.54) is 0 Å². The number of hydrogen-bond acceptors (Lipinski definition) is 3. The molecule has 0 bridgehead atoms. The first-order valence-electron chi connectivity index (χ1n) is 6.40. The van der Waals surface area contributed by atoms with Gasteiger partial charge in [0.15, 0.2) is 5.58 Å². The minimum Gasteiger partial charge on any atom is -0.481 e. The molecule has 0 amide bonds. The molecule has 4 rings (SSSR count). The summed E-state index contributed by atoms with van der Waals surface area (Å²) in [4.78, 5) is 11.2. The molecule has 1 N–H and O–H groups in total. The first-order chi connectivity index (χ1) is 9.62. The second-order valence-electron chi connectivity index (χ2n) is 5.37. The summed E-state index contributed by atoms with van der Waals surface area (Å²) < 4.78 is 11.1. The Bertz CT molecular complexity index is 786. The van der Waals surface area contributed by atoms with E-state index >= 15 is 0 Å². The molecule has 1 saturated carbocycles. The zero-order chi connectivity index (χ0) is 13.9. The molecule has 2 aromatic heterocycles. The predicted molar refractivity (Wildman–Crippen MR) is 74.2 cm³/mol. The minimum atomic E-state index is -0.797. The molecule has 1 aromatic carbocycles. The number of rotatable bonds is 3. The summed E-state index contributed by atoms with van der Waals surface area (Å²) in [6.07, 6.45) is 4.95. The van der Waals surface area contributed by atoms with E-state index in [4.69, 9.17) is 20.4 Å². The van der Waals surface area contributed by atoms with E-state index < -0.39 is 5.97 Å². The lowest BCUT2D eigenvalue weighted by atomic mass is 9.88. The fourth-order valence-electron chi connectivity index (χ4n) is 3.08. The van der Waals surface area contributed by atoms with Crippen LogP contribution in [-0.4, -0.2) is 11.1 Å². The molecule has 3 aromatic rings. The largest absolute Gasteiger partial charge is 0.481 e. The van der Waals surface area contributed by atoms with Crippen LogP contribution in [0.3, 0.4) is 0 Å². The van der Waals surface area contributed by atoms with Crippen molar-refractivity contribution in [2.24, 2.45) is 0 Å². The van der Waals surface area contributed by atoms with Gasteiger partial charge in [-0.3, -0.25) is 4.79 Å². The summed E-state index contributed by atoms with van der Waals surface area (Å²) in [5, 5.41) is 11.3. The van der Waals surface area contributed by atoms with Gasteiger partial charge in [-0.1, -0.05) is 11.6 Å². The zero-order valence-corrected chi connectivity index (χ0v) is 11.2. The van der Waals surface area contributed by atoms with Gasteiger partial charge in [-0.2, -0.15) is 0 Å². The maximum Gasteiger partial charge on any atom is 0.304 e. The fourth-order valence-corrected chi connectivity index (χ4v) is 3.37. The van der Waals surface area contributed by atoms with Crippen LogP contribution in [0.25, 0.3) is 21.9 Å². The lowest BCUT2D eigenvalue weighted by Crippen LogP contribution is -2.13. The molecule has 102 valence electrons. The van der Waals surface area contributed by atoms with Crippen LogP contribution in [0.1, 0.15) is 24.8 Å². The van der Waals surface area contributed by atoms with Gasteiger partial charge in [-0.25, -0.2) is 0 Å². The van der Waals surface area contributed by atoms with Gasteiger partial charge >= 0.3 is 5.97 Å². The number of carbonyl (C=O) groups is 1. The number of halogens is 1. The fraction of sp³-hybridized carbons (Fsp3) is 0.267. The van der Waals surface area contributed by atoms with E-state index in [1.54, 1.807) is 18.6 Å². The highest BCUT2D eigenvalue weighted by molar-refractivity contribution is 6.40. The number of aliphatic carboxylic acids is 1. The van der Waals surface area contributed by atoms with Crippen LogP contribution in [0.4, 0.5) is 0 Å². The van der Waals surface area contributed by atoms with E-state index in [-0.39, 0.29) is 11.8 Å². The quantitative estimate of drug-likeness (QED) is 0.779. The molecule has 0 unspecified atom stereocenters. The number of benzene rings is 1. The van der Waals surface area contributed by atoms with Crippen molar-refractivity contribution in [3.63, 3.8) is 0 Å².